The van der Waals surface area contributed by atoms with Crippen molar-refractivity contribution in [2.75, 3.05) is 11.9 Å². The third-order valence-electron chi connectivity index (χ3n) is 4.39. The monoisotopic (exact) mass is 279 g/mol. The summed E-state index contributed by atoms with van der Waals surface area (Å²) in [4.78, 5) is 2.16. The van der Waals surface area contributed by atoms with Crippen molar-refractivity contribution in [1.29, 1.82) is 0 Å². The topological polar surface area (TPSA) is 12.5 Å². The van der Waals surface area contributed by atoms with Gasteiger partial charge >= 0.3 is 0 Å². The van der Waals surface area contributed by atoms with Crippen LogP contribution in [0.4, 0.5) is 5.69 Å². The van der Waals surface area contributed by atoms with Crippen molar-refractivity contribution >= 4 is 5.69 Å². The minimum absolute atomic E-state index is 0.0588. The molecule has 0 unspecified atom stereocenters. The van der Waals surface area contributed by atoms with Crippen LogP contribution in [-0.2, 0) is 5.41 Å². The van der Waals surface area contributed by atoms with Gasteiger partial charge < -0.3 is 9.64 Å². The molecular formula is C19H21NO. The maximum atomic E-state index is 5.97. The molecule has 0 saturated heterocycles. The number of aryl methyl sites for hydroxylation is 1. The van der Waals surface area contributed by atoms with Crippen molar-refractivity contribution in [3.8, 4) is 11.5 Å². The van der Waals surface area contributed by atoms with Gasteiger partial charge in [0.05, 0.1) is 0 Å². The summed E-state index contributed by atoms with van der Waals surface area (Å²) in [5.74, 6) is 1.73. The molecule has 0 amide bonds. The van der Waals surface area contributed by atoms with E-state index >= 15 is 0 Å². The Balaban J connectivity index is 1.96. The van der Waals surface area contributed by atoms with Crippen molar-refractivity contribution in [2.45, 2.75) is 26.2 Å². The summed E-state index contributed by atoms with van der Waals surface area (Å²) in [7, 11) is 2.07. The van der Waals surface area contributed by atoms with Crippen molar-refractivity contribution in [2.24, 2.45) is 0 Å². The summed E-state index contributed by atoms with van der Waals surface area (Å²) in [6, 6.07) is 14.4. The number of hydrogen-bond acceptors (Lipinski definition) is 2. The maximum absolute atomic E-state index is 5.97. The van der Waals surface area contributed by atoms with E-state index in [-0.39, 0.29) is 5.41 Å². The summed E-state index contributed by atoms with van der Waals surface area (Å²) in [6.07, 6.45) is 0. The van der Waals surface area contributed by atoms with E-state index in [0.29, 0.717) is 0 Å². The predicted octanol–water partition coefficient (Wildman–Crippen LogP) is 5.03. The quantitative estimate of drug-likeness (QED) is 0.764. The first-order valence-electron chi connectivity index (χ1n) is 7.22. The second kappa shape index (κ2) is 4.66. The number of nitrogens with zero attached hydrogens (tertiary/aromatic N) is 1. The fourth-order valence-corrected chi connectivity index (χ4v) is 2.83. The molecule has 0 atom stereocenters. The molecule has 0 saturated carbocycles. The molecule has 0 aliphatic carbocycles. The average molecular weight is 279 g/mol. The van der Waals surface area contributed by atoms with E-state index in [1.54, 1.807) is 0 Å². The Kier molecular flexibility index (Phi) is 3.05. The molecule has 21 heavy (non-hydrogen) atoms. The lowest BCUT2D eigenvalue weighted by molar-refractivity contribution is 0.480. The minimum Gasteiger partial charge on any atom is -0.457 e. The molecule has 2 nitrogen and oxygen atoms in total. The highest BCUT2D eigenvalue weighted by Crippen LogP contribution is 2.47. The molecular weight excluding hydrogens is 258 g/mol. The highest BCUT2D eigenvalue weighted by molar-refractivity contribution is 5.70. The van der Waals surface area contributed by atoms with Gasteiger partial charge in [-0.1, -0.05) is 38.1 Å². The Bertz CT molecular complexity index is 698. The van der Waals surface area contributed by atoms with Crippen LogP contribution in [0.2, 0.25) is 0 Å². The van der Waals surface area contributed by atoms with E-state index in [9.17, 15) is 0 Å². The van der Waals surface area contributed by atoms with Gasteiger partial charge in [-0.2, -0.15) is 0 Å². The molecule has 0 N–H and O–H groups in total. The number of allylic oxidation sites excluding steroid dienone is 1. The SMILES string of the molecule is C=C1N(C)c2ccc(Oc3ccc(C)cc3)cc2C1(C)C. The fraction of sp³-hybridized carbons (Fsp3) is 0.263. The van der Waals surface area contributed by atoms with Crippen molar-refractivity contribution in [3.63, 3.8) is 0 Å². The second-order valence-electron chi connectivity index (χ2n) is 6.22. The number of likely N-dealkylation sites (N-methyl/N-ethyl adjacent to an activating group) is 1. The van der Waals surface area contributed by atoms with Crippen molar-refractivity contribution in [1.82, 2.24) is 0 Å². The van der Waals surface area contributed by atoms with E-state index in [0.717, 1.165) is 17.2 Å². The Morgan fingerprint density at radius 2 is 1.62 bits per heavy atom. The fourth-order valence-electron chi connectivity index (χ4n) is 2.83. The first kappa shape index (κ1) is 13.7. The van der Waals surface area contributed by atoms with Crippen LogP contribution in [0.15, 0.2) is 54.7 Å². The van der Waals surface area contributed by atoms with Crippen LogP contribution in [-0.4, -0.2) is 7.05 Å². The number of ether oxygens (including phenoxy) is 1. The Labute approximate surface area is 126 Å². The van der Waals surface area contributed by atoms with Gasteiger partial charge in [0.25, 0.3) is 0 Å². The predicted molar refractivity (Wildman–Crippen MR) is 88.3 cm³/mol. The van der Waals surface area contributed by atoms with Crippen LogP contribution >= 0.6 is 0 Å². The summed E-state index contributed by atoms with van der Waals surface area (Å²) in [5.41, 5.74) is 4.76. The van der Waals surface area contributed by atoms with Gasteiger partial charge in [-0.25, -0.2) is 0 Å². The highest BCUT2D eigenvalue weighted by atomic mass is 16.5. The standard InChI is InChI=1S/C19H21NO/c1-13-6-8-15(9-7-13)21-16-10-11-18-17(12-16)19(3,4)14(2)20(18)5/h6-12H,2H2,1,3-5H3. The molecule has 0 spiro atoms. The van der Waals surface area contributed by atoms with Gasteiger partial charge in [-0.05, 0) is 42.8 Å². The number of hydrogen-bond donors (Lipinski definition) is 0. The zero-order valence-electron chi connectivity index (χ0n) is 13.1. The molecule has 0 fully saturated rings. The van der Waals surface area contributed by atoms with Crippen LogP contribution in [0.3, 0.4) is 0 Å². The molecule has 1 heterocycles. The smallest absolute Gasteiger partial charge is 0.127 e. The summed E-state index contributed by atoms with van der Waals surface area (Å²) in [6.45, 7) is 10.7. The van der Waals surface area contributed by atoms with Gasteiger partial charge in [0.1, 0.15) is 11.5 Å². The van der Waals surface area contributed by atoms with E-state index in [1.807, 2.05) is 18.2 Å². The summed E-state index contributed by atoms with van der Waals surface area (Å²) < 4.78 is 5.97. The van der Waals surface area contributed by atoms with Gasteiger partial charge in [0.2, 0.25) is 0 Å². The molecule has 2 aromatic carbocycles. The zero-order valence-corrected chi connectivity index (χ0v) is 13.1. The van der Waals surface area contributed by atoms with Crippen LogP contribution in [0.25, 0.3) is 0 Å². The zero-order chi connectivity index (χ0) is 15.2. The number of benzene rings is 2. The second-order valence-corrected chi connectivity index (χ2v) is 6.22. The normalized spacial score (nSPS) is 16.0. The largest absolute Gasteiger partial charge is 0.457 e. The molecule has 0 aromatic heterocycles. The molecule has 3 rings (SSSR count). The van der Waals surface area contributed by atoms with Crippen LogP contribution in [0.5, 0.6) is 11.5 Å². The number of fused-ring (bicyclic) bond motifs is 1. The molecule has 2 aromatic rings. The lowest BCUT2D eigenvalue weighted by atomic mass is 9.84. The summed E-state index contributed by atoms with van der Waals surface area (Å²) in [5, 5.41) is 0. The third kappa shape index (κ3) is 2.21. The van der Waals surface area contributed by atoms with Crippen LogP contribution in [0.1, 0.15) is 25.0 Å². The lowest BCUT2D eigenvalue weighted by Crippen LogP contribution is -2.21. The number of rotatable bonds is 2. The molecule has 108 valence electrons. The Hall–Kier alpha value is -2.22. The molecule has 0 bridgehead atoms. The first-order valence-corrected chi connectivity index (χ1v) is 7.22. The van der Waals surface area contributed by atoms with E-state index in [2.05, 4.69) is 63.6 Å². The molecule has 1 aliphatic rings. The highest BCUT2D eigenvalue weighted by Gasteiger charge is 2.37. The first-order chi connectivity index (χ1) is 9.89. The minimum atomic E-state index is -0.0588. The Morgan fingerprint density at radius 3 is 2.29 bits per heavy atom. The van der Waals surface area contributed by atoms with Gasteiger partial charge in [-0.3, -0.25) is 0 Å². The maximum Gasteiger partial charge on any atom is 0.127 e. The Morgan fingerprint density at radius 1 is 1.00 bits per heavy atom. The van der Waals surface area contributed by atoms with Crippen molar-refractivity contribution < 1.29 is 4.74 Å². The van der Waals surface area contributed by atoms with Crippen LogP contribution in [0, 0.1) is 6.92 Å². The van der Waals surface area contributed by atoms with Crippen molar-refractivity contribution in [3.05, 3.63) is 65.9 Å². The summed E-state index contributed by atoms with van der Waals surface area (Å²) >= 11 is 0. The van der Waals surface area contributed by atoms with E-state index in [4.69, 9.17) is 4.74 Å². The van der Waals surface area contributed by atoms with Gasteiger partial charge in [-0.15, -0.1) is 0 Å². The molecule has 2 heteroatoms. The van der Waals surface area contributed by atoms with Crippen LogP contribution < -0.4 is 9.64 Å². The average Bonchev–Trinajstić information content (AvgIpc) is 2.63. The number of anilines is 1. The van der Waals surface area contributed by atoms with Gasteiger partial charge in [0, 0.05) is 23.8 Å². The third-order valence-corrected chi connectivity index (χ3v) is 4.39. The van der Waals surface area contributed by atoms with E-state index < -0.39 is 0 Å². The van der Waals surface area contributed by atoms with E-state index in [1.165, 1.54) is 16.8 Å². The molecule has 1 aliphatic heterocycles. The lowest BCUT2D eigenvalue weighted by Gasteiger charge is -2.22. The molecule has 0 radical (unpaired) electrons. The van der Waals surface area contributed by atoms with Gasteiger partial charge in [0.15, 0.2) is 0 Å².